The number of anilines is 1. The molecule has 1 aliphatic heterocycles. The smallest absolute Gasteiger partial charge is 0.242 e. The van der Waals surface area contributed by atoms with Crippen LogP contribution in [0.1, 0.15) is 13.8 Å². The summed E-state index contributed by atoms with van der Waals surface area (Å²) < 4.78 is 36.6. The summed E-state index contributed by atoms with van der Waals surface area (Å²) in [5.41, 5.74) is 0.329. The number of benzene rings is 1. The summed E-state index contributed by atoms with van der Waals surface area (Å²) in [7, 11) is 0.780. The van der Waals surface area contributed by atoms with Gasteiger partial charge in [-0.2, -0.15) is 0 Å². The van der Waals surface area contributed by atoms with Gasteiger partial charge in [0, 0.05) is 27.2 Å². The third-order valence-electron chi connectivity index (χ3n) is 4.09. The van der Waals surface area contributed by atoms with E-state index in [-0.39, 0.29) is 29.6 Å². The molecule has 0 unspecified atom stereocenters. The summed E-state index contributed by atoms with van der Waals surface area (Å²) >= 11 is 0. The number of hydrogen-bond acceptors (Lipinski definition) is 6. The van der Waals surface area contributed by atoms with Gasteiger partial charge in [0.05, 0.1) is 36.4 Å². The van der Waals surface area contributed by atoms with E-state index in [1.165, 1.54) is 39.4 Å². The van der Waals surface area contributed by atoms with Gasteiger partial charge in [0.1, 0.15) is 5.75 Å². The molecule has 2 rings (SSSR count). The second-order valence-corrected chi connectivity index (χ2v) is 8.80. The van der Waals surface area contributed by atoms with E-state index in [4.69, 9.17) is 9.47 Å². The number of morpholine rings is 1. The summed E-state index contributed by atoms with van der Waals surface area (Å²) in [6, 6.07) is 4.40. The van der Waals surface area contributed by atoms with Crippen LogP contribution in [0.4, 0.5) is 5.69 Å². The van der Waals surface area contributed by atoms with Gasteiger partial charge in [0.15, 0.2) is 0 Å². The third kappa shape index (κ3) is 4.94. The highest BCUT2D eigenvalue weighted by atomic mass is 32.2. The molecule has 1 aromatic rings. The Hall–Kier alpha value is -1.68. The van der Waals surface area contributed by atoms with E-state index in [1.54, 1.807) is 0 Å². The highest BCUT2D eigenvalue weighted by Gasteiger charge is 2.24. The second-order valence-electron chi connectivity index (χ2n) is 6.65. The highest BCUT2D eigenvalue weighted by Crippen LogP contribution is 2.28. The van der Waals surface area contributed by atoms with Crippen LogP contribution in [0.5, 0.6) is 5.75 Å². The predicted octanol–water partition coefficient (Wildman–Crippen LogP) is 0.993. The largest absolute Gasteiger partial charge is 0.495 e. The molecule has 1 aliphatic rings. The Morgan fingerprint density at radius 1 is 1.31 bits per heavy atom. The van der Waals surface area contributed by atoms with E-state index in [9.17, 15) is 13.2 Å². The number of rotatable bonds is 6. The minimum atomic E-state index is -3.60. The van der Waals surface area contributed by atoms with Crippen LogP contribution in [0.15, 0.2) is 23.1 Å². The van der Waals surface area contributed by atoms with Crippen molar-refractivity contribution in [2.75, 3.05) is 46.2 Å². The van der Waals surface area contributed by atoms with Crippen molar-refractivity contribution in [2.45, 2.75) is 31.0 Å². The second kappa shape index (κ2) is 8.34. The zero-order valence-electron chi connectivity index (χ0n) is 15.9. The molecule has 0 aromatic heterocycles. The Kier molecular flexibility index (Phi) is 6.62. The van der Waals surface area contributed by atoms with E-state index >= 15 is 0 Å². The van der Waals surface area contributed by atoms with Crippen LogP contribution < -0.4 is 10.1 Å². The fourth-order valence-corrected chi connectivity index (χ4v) is 3.89. The number of hydrogen-bond donors (Lipinski definition) is 1. The number of ether oxygens (including phenoxy) is 2. The van der Waals surface area contributed by atoms with Crippen molar-refractivity contribution in [3.63, 3.8) is 0 Å². The first-order valence-corrected chi connectivity index (χ1v) is 9.85. The van der Waals surface area contributed by atoms with Crippen LogP contribution in [0.2, 0.25) is 0 Å². The molecule has 0 radical (unpaired) electrons. The van der Waals surface area contributed by atoms with Crippen LogP contribution in [-0.4, -0.2) is 76.6 Å². The summed E-state index contributed by atoms with van der Waals surface area (Å²) in [5, 5.41) is 2.76. The molecule has 0 spiro atoms. The van der Waals surface area contributed by atoms with E-state index in [2.05, 4.69) is 5.32 Å². The van der Waals surface area contributed by atoms with Gasteiger partial charge < -0.3 is 14.8 Å². The highest BCUT2D eigenvalue weighted by molar-refractivity contribution is 7.89. The monoisotopic (exact) mass is 385 g/mol. The Bertz CT molecular complexity index is 741. The Morgan fingerprint density at radius 2 is 1.92 bits per heavy atom. The van der Waals surface area contributed by atoms with E-state index in [0.717, 1.165) is 4.31 Å². The van der Waals surface area contributed by atoms with Gasteiger partial charge in [-0.05, 0) is 32.0 Å². The normalized spacial score (nSPS) is 21.6. The first-order chi connectivity index (χ1) is 12.1. The van der Waals surface area contributed by atoms with E-state index in [0.29, 0.717) is 24.5 Å². The fraction of sp³-hybridized carbons (Fsp3) is 0.588. The van der Waals surface area contributed by atoms with Crippen molar-refractivity contribution in [2.24, 2.45) is 0 Å². The van der Waals surface area contributed by atoms with Crippen molar-refractivity contribution in [3.8, 4) is 5.75 Å². The average Bonchev–Trinajstić information content (AvgIpc) is 2.53. The molecule has 1 aromatic carbocycles. The van der Waals surface area contributed by atoms with Gasteiger partial charge in [-0.25, -0.2) is 12.7 Å². The standard InChI is InChI=1S/C17H27N3O5S/c1-12-9-20(10-13(2)25-12)11-17(21)18-15-8-14(6-7-16(15)24-5)26(22,23)19(3)4/h6-8,12-13H,9-11H2,1-5H3,(H,18,21)/t12-,13+. The predicted molar refractivity (Wildman–Crippen MR) is 98.9 cm³/mol. The number of sulfonamides is 1. The number of carbonyl (C=O) groups excluding carboxylic acids is 1. The maximum absolute atomic E-state index is 12.4. The molecule has 1 saturated heterocycles. The summed E-state index contributed by atoms with van der Waals surface area (Å²) in [4.78, 5) is 14.6. The number of amides is 1. The average molecular weight is 385 g/mol. The first kappa shape index (κ1) is 20.6. The Labute approximate surface area is 155 Å². The molecule has 9 heteroatoms. The Morgan fingerprint density at radius 3 is 2.46 bits per heavy atom. The quantitative estimate of drug-likeness (QED) is 0.786. The lowest BCUT2D eigenvalue weighted by molar-refractivity contribution is -0.121. The molecule has 1 heterocycles. The molecule has 26 heavy (non-hydrogen) atoms. The van der Waals surface area contributed by atoms with Crippen molar-refractivity contribution in [3.05, 3.63) is 18.2 Å². The fourth-order valence-electron chi connectivity index (χ4n) is 2.96. The van der Waals surface area contributed by atoms with Gasteiger partial charge in [-0.1, -0.05) is 0 Å². The lowest BCUT2D eigenvalue weighted by Crippen LogP contribution is -2.48. The van der Waals surface area contributed by atoms with Crippen molar-refractivity contribution in [1.82, 2.24) is 9.21 Å². The molecule has 1 fully saturated rings. The molecule has 8 nitrogen and oxygen atoms in total. The lowest BCUT2D eigenvalue weighted by Gasteiger charge is -2.34. The molecule has 1 N–H and O–H groups in total. The van der Waals surface area contributed by atoms with Gasteiger partial charge in [0.25, 0.3) is 0 Å². The minimum absolute atomic E-state index is 0.0645. The number of methoxy groups -OCH3 is 1. The van der Waals surface area contributed by atoms with Crippen LogP contribution in [0.3, 0.4) is 0 Å². The number of nitrogens with one attached hydrogen (secondary N) is 1. The zero-order valence-corrected chi connectivity index (χ0v) is 16.7. The van der Waals surface area contributed by atoms with E-state index in [1.807, 2.05) is 18.7 Å². The molecule has 0 saturated carbocycles. The van der Waals surface area contributed by atoms with Crippen LogP contribution >= 0.6 is 0 Å². The topological polar surface area (TPSA) is 88.2 Å². The summed E-state index contributed by atoms with van der Waals surface area (Å²) in [6.07, 6.45) is 0.129. The van der Waals surface area contributed by atoms with E-state index < -0.39 is 10.0 Å². The van der Waals surface area contributed by atoms with Gasteiger partial charge >= 0.3 is 0 Å². The molecule has 0 aliphatic carbocycles. The number of carbonyl (C=O) groups is 1. The van der Waals surface area contributed by atoms with Crippen LogP contribution in [0.25, 0.3) is 0 Å². The molecular weight excluding hydrogens is 358 g/mol. The SMILES string of the molecule is COc1ccc(S(=O)(=O)N(C)C)cc1NC(=O)CN1C[C@@H](C)O[C@@H](C)C1. The molecule has 146 valence electrons. The summed E-state index contributed by atoms with van der Waals surface area (Å²) in [5.74, 6) is 0.170. The van der Waals surface area contributed by atoms with Crippen molar-refractivity contribution < 1.29 is 22.7 Å². The van der Waals surface area contributed by atoms with Crippen molar-refractivity contribution >= 4 is 21.6 Å². The molecule has 1 amide bonds. The van der Waals surface area contributed by atoms with Crippen LogP contribution in [-0.2, 0) is 19.6 Å². The lowest BCUT2D eigenvalue weighted by atomic mass is 10.2. The molecule has 2 atom stereocenters. The third-order valence-corrected chi connectivity index (χ3v) is 5.90. The first-order valence-electron chi connectivity index (χ1n) is 8.41. The molecular formula is C17H27N3O5S. The maximum atomic E-state index is 12.4. The van der Waals surface area contributed by atoms with Crippen LogP contribution in [0, 0.1) is 0 Å². The Balaban J connectivity index is 2.15. The number of nitrogens with zero attached hydrogens (tertiary/aromatic N) is 2. The maximum Gasteiger partial charge on any atom is 0.242 e. The molecule has 0 bridgehead atoms. The van der Waals surface area contributed by atoms with Gasteiger partial charge in [-0.15, -0.1) is 0 Å². The van der Waals surface area contributed by atoms with Gasteiger partial charge in [0.2, 0.25) is 15.9 Å². The summed E-state index contributed by atoms with van der Waals surface area (Å²) in [6.45, 7) is 5.48. The van der Waals surface area contributed by atoms with Crippen molar-refractivity contribution in [1.29, 1.82) is 0 Å². The minimum Gasteiger partial charge on any atom is -0.495 e. The van der Waals surface area contributed by atoms with Gasteiger partial charge in [-0.3, -0.25) is 9.69 Å². The zero-order chi connectivity index (χ0) is 19.5.